The van der Waals surface area contributed by atoms with Crippen LogP contribution in [0.4, 0.5) is 11.4 Å². The SMILES string of the molecule is Cc1cc(=O)oc2cc(NC(=S)Nc3ccc(C(=O)N4CCOCC4)cc3)ccc12. The molecule has 2 aromatic carbocycles. The van der Waals surface area contributed by atoms with Gasteiger partial charge in [0, 0.05) is 47.5 Å². The van der Waals surface area contributed by atoms with Gasteiger partial charge in [0.25, 0.3) is 5.91 Å². The van der Waals surface area contributed by atoms with Gasteiger partial charge in [-0.05, 0) is 61.1 Å². The quantitative estimate of drug-likeness (QED) is 0.494. The lowest BCUT2D eigenvalue weighted by Crippen LogP contribution is -2.40. The monoisotopic (exact) mass is 423 g/mol. The molecule has 1 aliphatic rings. The highest BCUT2D eigenvalue weighted by atomic mass is 32.1. The number of rotatable bonds is 3. The molecule has 0 radical (unpaired) electrons. The number of fused-ring (bicyclic) bond motifs is 1. The van der Waals surface area contributed by atoms with E-state index in [0.29, 0.717) is 48.2 Å². The van der Waals surface area contributed by atoms with Gasteiger partial charge in [0.1, 0.15) is 5.58 Å². The molecule has 7 nitrogen and oxygen atoms in total. The molecule has 0 atom stereocenters. The molecule has 0 unspecified atom stereocenters. The second kappa shape index (κ2) is 8.64. The van der Waals surface area contributed by atoms with Crippen molar-refractivity contribution in [3.05, 3.63) is 70.1 Å². The standard InChI is InChI=1S/C22H21N3O4S/c1-14-12-20(26)29-19-13-17(6-7-18(14)19)24-22(30)23-16-4-2-15(3-5-16)21(27)25-8-10-28-11-9-25/h2-7,12-13H,8-11H2,1H3,(H2,23,24,30). The molecular formula is C22H21N3O4S. The first-order valence-corrected chi connectivity index (χ1v) is 10.00. The third-order valence-corrected chi connectivity index (χ3v) is 5.10. The van der Waals surface area contributed by atoms with E-state index in [9.17, 15) is 9.59 Å². The number of ether oxygens (including phenoxy) is 1. The minimum absolute atomic E-state index is 0.00139. The molecule has 2 N–H and O–H groups in total. The molecule has 1 saturated heterocycles. The number of benzene rings is 2. The lowest BCUT2D eigenvalue weighted by atomic mass is 10.1. The van der Waals surface area contributed by atoms with E-state index in [-0.39, 0.29) is 11.5 Å². The molecule has 4 rings (SSSR count). The molecule has 2 heterocycles. The van der Waals surface area contributed by atoms with Crippen LogP contribution in [0.5, 0.6) is 0 Å². The molecular weight excluding hydrogens is 402 g/mol. The van der Waals surface area contributed by atoms with Crippen molar-refractivity contribution >= 4 is 45.6 Å². The van der Waals surface area contributed by atoms with Gasteiger partial charge in [-0.3, -0.25) is 4.79 Å². The van der Waals surface area contributed by atoms with Crippen molar-refractivity contribution in [2.75, 3.05) is 36.9 Å². The number of morpholine rings is 1. The number of hydrogen-bond donors (Lipinski definition) is 2. The van der Waals surface area contributed by atoms with E-state index in [1.807, 2.05) is 31.2 Å². The van der Waals surface area contributed by atoms with Gasteiger partial charge < -0.3 is 24.7 Å². The summed E-state index contributed by atoms with van der Waals surface area (Å²) in [5.41, 5.74) is 3.06. The highest BCUT2D eigenvalue weighted by Gasteiger charge is 2.18. The van der Waals surface area contributed by atoms with Crippen LogP contribution < -0.4 is 16.3 Å². The summed E-state index contributed by atoms with van der Waals surface area (Å²) in [5, 5.41) is 7.43. The maximum absolute atomic E-state index is 12.5. The van der Waals surface area contributed by atoms with Crippen LogP contribution in [0.2, 0.25) is 0 Å². The number of carbonyl (C=O) groups excluding carboxylic acids is 1. The molecule has 1 aliphatic heterocycles. The molecule has 8 heteroatoms. The number of aryl methyl sites for hydroxylation is 1. The van der Waals surface area contributed by atoms with Crippen LogP contribution in [-0.4, -0.2) is 42.2 Å². The predicted octanol–water partition coefficient (Wildman–Crippen LogP) is 3.38. The maximum Gasteiger partial charge on any atom is 0.336 e. The van der Waals surface area contributed by atoms with Gasteiger partial charge >= 0.3 is 5.63 Å². The average molecular weight is 423 g/mol. The Balaban J connectivity index is 1.41. The van der Waals surface area contributed by atoms with Crippen molar-refractivity contribution in [2.24, 2.45) is 0 Å². The number of nitrogens with zero attached hydrogens (tertiary/aromatic N) is 1. The Kier molecular flexibility index (Phi) is 5.78. The van der Waals surface area contributed by atoms with E-state index < -0.39 is 0 Å². The fraction of sp³-hybridized carbons (Fsp3) is 0.227. The van der Waals surface area contributed by atoms with Crippen molar-refractivity contribution in [1.29, 1.82) is 0 Å². The molecule has 1 fully saturated rings. The molecule has 3 aromatic rings. The van der Waals surface area contributed by atoms with Gasteiger partial charge in [-0.2, -0.15) is 0 Å². The zero-order chi connectivity index (χ0) is 21.1. The summed E-state index contributed by atoms with van der Waals surface area (Å²) in [6.07, 6.45) is 0. The van der Waals surface area contributed by atoms with Crippen molar-refractivity contribution in [3.8, 4) is 0 Å². The number of carbonyl (C=O) groups is 1. The van der Waals surface area contributed by atoms with E-state index in [1.54, 1.807) is 23.1 Å². The molecule has 1 amide bonds. The summed E-state index contributed by atoms with van der Waals surface area (Å²) < 4.78 is 10.6. The number of nitrogens with one attached hydrogen (secondary N) is 2. The Labute approximate surface area is 178 Å². The predicted molar refractivity (Wildman–Crippen MR) is 120 cm³/mol. The number of amides is 1. The molecule has 0 saturated carbocycles. The van der Waals surface area contributed by atoms with Gasteiger partial charge in [0.2, 0.25) is 0 Å². The van der Waals surface area contributed by atoms with Gasteiger partial charge in [-0.25, -0.2) is 4.79 Å². The second-order valence-corrected chi connectivity index (χ2v) is 7.43. The molecule has 30 heavy (non-hydrogen) atoms. The van der Waals surface area contributed by atoms with Crippen LogP contribution in [0.1, 0.15) is 15.9 Å². The summed E-state index contributed by atoms with van der Waals surface area (Å²) in [6, 6.07) is 14.1. The van der Waals surface area contributed by atoms with Crippen LogP contribution in [0.25, 0.3) is 11.0 Å². The first kappa shape index (κ1) is 20.1. The zero-order valence-electron chi connectivity index (χ0n) is 16.4. The van der Waals surface area contributed by atoms with Gasteiger partial charge in [0.05, 0.1) is 13.2 Å². The Morgan fingerprint density at radius 1 is 1.00 bits per heavy atom. The lowest BCUT2D eigenvalue weighted by Gasteiger charge is -2.26. The van der Waals surface area contributed by atoms with Crippen molar-refractivity contribution in [2.45, 2.75) is 6.92 Å². The molecule has 154 valence electrons. The van der Waals surface area contributed by atoms with E-state index in [1.165, 1.54) is 6.07 Å². The van der Waals surface area contributed by atoms with Crippen LogP contribution >= 0.6 is 12.2 Å². The first-order valence-electron chi connectivity index (χ1n) is 9.59. The highest BCUT2D eigenvalue weighted by Crippen LogP contribution is 2.21. The van der Waals surface area contributed by atoms with Gasteiger partial charge in [-0.15, -0.1) is 0 Å². The number of anilines is 2. The van der Waals surface area contributed by atoms with Crippen molar-refractivity contribution in [3.63, 3.8) is 0 Å². The summed E-state index contributed by atoms with van der Waals surface area (Å²) in [7, 11) is 0. The van der Waals surface area contributed by atoms with E-state index in [2.05, 4.69) is 10.6 Å². The van der Waals surface area contributed by atoms with E-state index in [4.69, 9.17) is 21.4 Å². The second-order valence-electron chi connectivity index (χ2n) is 7.02. The van der Waals surface area contributed by atoms with Crippen LogP contribution in [-0.2, 0) is 4.74 Å². The van der Waals surface area contributed by atoms with Crippen LogP contribution in [0.3, 0.4) is 0 Å². The van der Waals surface area contributed by atoms with Crippen molar-refractivity contribution < 1.29 is 13.9 Å². The Morgan fingerprint density at radius 3 is 2.40 bits per heavy atom. The smallest absolute Gasteiger partial charge is 0.336 e. The number of thiocarbonyl (C=S) groups is 1. The molecule has 1 aromatic heterocycles. The fourth-order valence-electron chi connectivity index (χ4n) is 3.34. The average Bonchev–Trinajstić information content (AvgIpc) is 2.74. The zero-order valence-corrected chi connectivity index (χ0v) is 17.3. The Morgan fingerprint density at radius 2 is 1.67 bits per heavy atom. The first-order chi connectivity index (χ1) is 14.5. The van der Waals surface area contributed by atoms with Crippen LogP contribution in [0, 0.1) is 6.92 Å². The summed E-state index contributed by atoms with van der Waals surface area (Å²) in [5.74, 6) is -0.00139. The Bertz CT molecular complexity index is 1150. The third-order valence-electron chi connectivity index (χ3n) is 4.90. The lowest BCUT2D eigenvalue weighted by molar-refractivity contribution is 0.0303. The normalized spacial score (nSPS) is 13.8. The molecule has 0 spiro atoms. The topological polar surface area (TPSA) is 83.8 Å². The fourth-order valence-corrected chi connectivity index (χ4v) is 3.58. The Hall–Kier alpha value is -3.23. The van der Waals surface area contributed by atoms with E-state index >= 15 is 0 Å². The molecule has 0 bridgehead atoms. The van der Waals surface area contributed by atoms with Crippen molar-refractivity contribution in [1.82, 2.24) is 4.90 Å². The number of hydrogen-bond acceptors (Lipinski definition) is 5. The highest BCUT2D eigenvalue weighted by molar-refractivity contribution is 7.80. The summed E-state index contributed by atoms with van der Waals surface area (Å²) >= 11 is 5.38. The third kappa shape index (κ3) is 4.50. The van der Waals surface area contributed by atoms with Crippen LogP contribution in [0.15, 0.2) is 57.7 Å². The summed E-state index contributed by atoms with van der Waals surface area (Å²) in [6.45, 7) is 4.23. The maximum atomic E-state index is 12.5. The van der Waals surface area contributed by atoms with Gasteiger partial charge in [-0.1, -0.05) is 0 Å². The molecule has 0 aliphatic carbocycles. The largest absolute Gasteiger partial charge is 0.423 e. The minimum atomic E-state index is -0.385. The van der Waals surface area contributed by atoms with Gasteiger partial charge in [0.15, 0.2) is 5.11 Å². The summed E-state index contributed by atoms with van der Waals surface area (Å²) in [4.78, 5) is 25.9. The van der Waals surface area contributed by atoms with E-state index in [0.717, 1.165) is 16.6 Å². The minimum Gasteiger partial charge on any atom is -0.423 e.